The molecule has 0 atom stereocenters. The van der Waals surface area contributed by atoms with Crippen molar-refractivity contribution in [2.24, 2.45) is 0 Å². The Labute approximate surface area is 225 Å². The number of benzene rings is 2. The van der Waals surface area contributed by atoms with Crippen LogP contribution in [0, 0.1) is 5.82 Å². The van der Waals surface area contributed by atoms with Crippen molar-refractivity contribution in [2.45, 2.75) is 38.3 Å². The molecule has 0 unspecified atom stereocenters. The van der Waals surface area contributed by atoms with E-state index < -0.39 is 0 Å². The molecular formula is C29H29ClFN3O2S. The number of fused-ring (bicyclic) bond motifs is 1. The number of nitrogens with zero attached hydrogens (tertiary/aromatic N) is 3. The number of pyridine rings is 1. The molecule has 0 saturated carbocycles. The maximum atomic E-state index is 13.5. The molecular weight excluding hydrogens is 509 g/mol. The lowest BCUT2D eigenvalue weighted by molar-refractivity contribution is -0.131. The molecule has 0 bridgehead atoms. The Balaban J connectivity index is 1.46. The van der Waals surface area contributed by atoms with Gasteiger partial charge < -0.3 is 14.9 Å². The van der Waals surface area contributed by atoms with Gasteiger partial charge in [-0.25, -0.2) is 9.37 Å². The second-order valence-electron chi connectivity index (χ2n) is 9.53. The van der Waals surface area contributed by atoms with Crippen LogP contribution in [0.2, 0.25) is 5.02 Å². The molecule has 3 heterocycles. The van der Waals surface area contributed by atoms with Crippen LogP contribution in [0.25, 0.3) is 10.9 Å². The van der Waals surface area contributed by atoms with Gasteiger partial charge in [0.1, 0.15) is 11.6 Å². The number of rotatable bonds is 8. The summed E-state index contributed by atoms with van der Waals surface area (Å²) in [7, 11) is 0. The third-order valence-corrected chi connectivity index (χ3v) is 7.80. The molecule has 192 valence electrons. The van der Waals surface area contributed by atoms with Gasteiger partial charge in [-0.05, 0) is 77.5 Å². The van der Waals surface area contributed by atoms with Crippen LogP contribution in [0.15, 0.2) is 65.4 Å². The molecule has 4 aromatic rings. The molecule has 2 aromatic carbocycles. The highest BCUT2D eigenvalue weighted by Gasteiger charge is 2.24. The molecule has 37 heavy (non-hydrogen) atoms. The molecule has 1 saturated heterocycles. The standard InChI is InChI=1S/C29H29ClFN3O2S/c30-24-4-3-22-16-23(29(32-27(22)17-24)33-12-8-26(35)9-13-33)18-34(28(36)15-21-10-14-37-19-21)11-7-20-1-5-25(31)6-2-20/h1-6,10,14,16-17,19,26,35H,7-9,11-13,15,18H2. The van der Waals surface area contributed by atoms with Gasteiger partial charge in [-0.15, -0.1) is 0 Å². The predicted molar refractivity (Wildman–Crippen MR) is 148 cm³/mol. The van der Waals surface area contributed by atoms with Crippen molar-refractivity contribution >= 4 is 45.6 Å². The number of aliphatic hydroxyl groups excluding tert-OH is 1. The summed E-state index contributed by atoms with van der Waals surface area (Å²) >= 11 is 7.83. The van der Waals surface area contributed by atoms with Crippen molar-refractivity contribution in [3.8, 4) is 0 Å². The lowest BCUT2D eigenvalue weighted by atomic mass is 10.1. The zero-order valence-corrected chi connectivity index (χ0v) is 22.0. The number of hydrogen-bond donors (Lipinski definition) is 1. The number of carbonyl (C=O) groups excluding carboxylic acids is 1. The summed E-state index contributed by atoms with van der Waals surface area (Å²) in [6.07, 6.45) is 2.01. The van der Waals surface area contributed by atoms with E-state index in [0.29, 0.717) is 56.9 Å². The van der Waals surface area contributed by atoms with Gasteiger partial charge >= 0.3 is 0 Å². The molecule has 0 radical (unpaired) electrons. The van der Waals surface area contributed by atoms with Gasteiger partial charge in [0, 0.05) is 42.2 Å². The predicted octanol–water partition coefficient (Wildman–Crippen LogP) is 5.86. The number of thiophene rings is 1. The van der Waals surface area contributed by atoms with Crippen molar-refractivity contribution in [2.75, 3.05) is 24.5 Å². The smallest absolute Gasteiger partial charge is 0.227 e. The van der Waals surface area contributed by atoms with Gasteiger partial charge in [-0.3, -0.25) is 4.79 Å². The molecule has 5 rings (SSSR count). The minimum atomic E-state index is -0.297. The van der Waals surface area contributed by atoms with E-state index in [1.54, 1.807) is 23.5 Å². The van der Waals surface area contributed by atoms with Gasteiger partial charge in [0.05, 0.1) is 18.0 Å². The van der Waals surface area contributed by atoms with Gasteiger partial charge in [-0.2, -0.15) is 11.3 Å². The fourth-order valence-electron chi connectivity index (χ4n) is 4.73. The van der Waals surface area contributed by atoms with Crippen LogP contribution >= 0.6 is 22.9 Å². The van der Waals surface area contributed by atoms with Gasteiger partial charge in [0.25, 0.3) is 0 Å². The summed E-state index contributed by atoms with van der Waals surface area (Å²) < 4.78 is 13.4. The summed E-state index contributed by atoms with van der Waals surface area (Å²) in [6, 6.07) is 16.2. The van der Waals surface area contributed by atoms with E-state index in [9.17, 15) is 14.3 Å². The second-order valence-corrected chi connectivity index (χ2v) is 10.7. The number of halogens is 2. The Kier molecular flexibility index (Phi) is 8.03. The monoisotopic (exact) mass is 537 g/mol. The van der Waals surface area contributed by atoms with Crippen LogP contribution in [-0.4, -0.2) is 46.6 Å². The number of piperidine rings is 1. The highest BCUT2D eigenvalue weighted by Crippen LogP contribution is 2.29. The fraction of sp³-hybridized carbons (Fsp3) is 0.310. The minimum Gasteiger partial charge on any atom is -0.393 e. The van der Waals surface area contributed by atoms with Crippen molar-refractivity contribution in [1.82, 2.24) is 9.88 Å². The van der Waals surface area contributed by atoms with E-state index in [1.807, 2.05) is 39.9 Å². The van der Waals surface area contributed by atoms with E-state index in [-0.39, 0.29) is 17.8 Å². The van der Waals surface area contributed by atoms with Gasteiger partial charge in [0.15, 0.2) is 0 Å². The number of hydrogen-bond acceptors (Lipinski definition) is 5. The van der Waals surface area contributed by atoms with Crippen molar-refractivity contribution in [3.63, 3.8) is 0 Å². The molecule has 1 aliphatic heterocycles. The molecule has 0 spiro atoms. The Morgan fingerprint density at radius 2 is 1.89 bits per heavy atom. The average Bonchev–Trinajstić information content (AvgIpc) is 3.40. The molecule has 1 fully saturated rings. The van der Waals surface area contributed by atoms with Crippen LogP contribution in [0.3, 0.4) is 0 Å². The fourth-order valence-corrected chi connectivity index (χ4v) is 5.57. The SMILES string of the molecule is O=C(Cc1ccsc1)N(CCc1ccc(F)cc1)Cc1cc2ccc(Cl)cc2nc1N1CCC(O)CC1. The Bertz CT molecular complexity index is 1360. The maximum absolute atomic E-state index is 13.5. The lowest BCUT2D eigenvalue weighted by Crippen LogP contribution is -2.38. The van der Waals surface area contributed by atoms with Crippen LogP contribution in [-0.2, 0) is 24.2 Å². The largest absolute Gasteiger partial charge is 0.393 e. The summed E-state index contributed by atoms with van der Waals surface area (Å²) in [6.45, 7) is 2.31. The second kappa shape index (κ2) is 11.6. The third kappa shape index (κ3) is 6.47. The highest BCUT2D eigenvalue weighted by molar-refractivity contribution is 7.08. The summed E-state index contributed by atoms with van der Waals surface area (Å²) in [5.74, 6) is 0.598. The number of aromatic nitrogens is 1. The van der Waals surface area contributed by atoms with E-state index >= 15 is 0 Å². The van der Waals surface area contributed by atoms with Crippen molar-refractivity contribution in [3.05, 3.63) is 92.9 Å². The lowest BCUT2D eigenvalue weighted by Gasteiger charge is -2.33. The molecule has 1 N–H and O–H groups in total. The van der Waals surface area contributed by atoms with E-state index in [1.165, 1.54) is 12.1 Å². The number of aliphatic hydroxyl groups is 1. The molecule has 1 aliphatic rings. The maximum Gasteiger partial charge on any atom is 0.227 e. The van der Waals surface area contributed by atoms with E-state index in [2.05, 4.69) is 11.0 Å². The zero-order chi connectivity index (χ0) is 25.8. The third-order valence-electron chi connectivity index (χ3n) is 6.83. The van der Waals surface area contributed by atoms with Crippen LogP contribution in [0.4, 0.5) is 10.2 Å². The zero-order valence-electron chi connectivity index (χ0n) is 20.4. The average molecular weight is 538 g/mol. The number of amides is 1. The van der Waals surface area contributed by atoms with Crippen molar-refractivity contribution in [1.29, 1.82) is 0 Å². The number of carbonyl (C=O) groups is 1. The number of anilines is 1. The van der Waals surface area contributed by atoms with Gasteiger partial charge in [-0.1, -0.05) is 29.8 Å². The quantitative estimate of drug-likeness (QED) is 0.306. The topological polar surface area (TPSA) is 56.7 Å². The Morgan fingerprint density at radius 3 is 2.62 bits per heavy atom. The molecule has 1 amide bonds. The Hall–Kier alpha value is -3.00. The van der Waals surface area contributed by atoms with Crippen LogP contribution in [0.5, 0.6) is 0 Å². The molecule has 2 aromatic heterocycles. The Morgan fingerprint density at radius 1 is 1.11 bits per heavy atom. The normalized spacial score (nSPS) is 14.3. The summed E-state index contributed by atoms with van der Waals surface area (Å²) in [5, 5.41) is 15.6. The van der Waals surface area contributed by atoms with E-state index in [0.717, 1.165) is 33.4 Å². The highest BCUT2D eigenvalue weighted by atomic mass is 35.5. The molecule has 5 nitrogen and oxygen atoms in total. The molecule has 0 aliphatic carbocycles. The van der Waals surface area contributed by atoms with Gasteiger partial charge in [0.2, 0.25) is 5.91 Å². The summed E-state index contributed by atoms with van der Waals surface area (Å²) in [4.78, 5) is 22.6. The first-order valence-corrected chi connectivity index (χ1v) is 13.8. The minimum absolute atomic E-state index is 0.0386. The van der Waals surface area contributed by atoms with E-state index in [4.69, 9.17) is 16.6 Å². The van der Waals surface area contributed by atoms with Crippen LogP contribution < -0.4 is 4.90 Å². The first-order valence-electron chi connectivity index (χ1n) is 12.5. The summed E-state index contributed by atoms with van der Waals surface area (Å²) in [5.41, 5.74) is 3.74. The van der Waals surface area contributed by atoms with Crippen molar-refractivity contribution < 1.29 is 14.3 Å². The van der Waals surface area contributed by atoms with Crippen LogP contribution in [0.1, 0.15) is 29.5 Å². The first kappa shape index (κ1) is 25.6. The molecule has 8 heteroatoms. The first-order chi connectivity index (χ1) is 17.9.